The molecule has 4 heteroatoms. The van der Waals surface area contributed by atoms with E-state index in [1.54, 1.807) is 11.8 Å². The fourth-order valence-electron chi connectivity index (χ4n) is 5.42. The SMILES string of the molecule is C=CC1=C(C=C)C2(c3ccccc3C3C=CC=CC32)c2cccc(B(N)O)c2S1. The van der Waals surface area contributed by atoms with E-state index in [1.807, 2.05) is 24.3 Å². The predicted molar refractivity (Wildman–Crippen MR) is 123 cm³/mol. The van der Waals surface area contributed by atoms with Crippen LogP contribution < -0.4 is 11.1 Å². The van der Waals surface area contributed by atoms with E-state index < -0.39 is 7.05 Å². The lowest BCUT2D eigenvalue weighted by Gasteiger charge is -2.44. The van der Waals surface area contributed by atoms with Crippen molar-refractivity contribution in [1.29, 1.82) is 0 Å². The standard InChI is InChI=1S/C25H22BNOS/c1-3-18-23(4-2)29-24-21(14-9-15-22(24)26(27)28)25(18)19-12-7-5-10-16(19)17-11-6-8-13-20(17)25/h3-16,19,28H,1-2,27H2. The highest BCUT2D eigenvalue weighted by atomic mass is 32.2. The first kappa shape index (κ1) is 18.5. The van der Waals surface area contributed by atoms with Crippen LogP contribution in [0.25, 0.3) is 0 Å². The third-order valence-corrected chi connectivity index (χ3v) is 7.73. The van der Waals surface area contributed by atoms with Crippen molar-refractivity contribution in [2.45, 2.75) is 16.2 Å². The zero-order valence-electron chi connectivity index (χ0n) is 16.1. The van der Waals surface area contributed by atoms with Crippen molar-refractivity contribution in [3.05, 3.63) is 119 Å². The normalized spacial score (nSPS) is 26.1. The van der Waals surface area contributed by atoms with Crippen molar-refractivity contribution in [1.82, 2.24) is 0 Å². The smallest absolute Gasteiger partial charge is 0.411 e. The van der Waals surface area contributed by atoms with Crippen molar-refractivity contribution in [3.8, 4) is 0 Å². The zero-order valence-corrected chi connectivity index (χ0v) is 16.9. The molecule has 0 saturated carbocycles. The number of benzene rings is 2. The Hall–Kier alpha value is -2.53. The molecule has 3 unspecified atom stereocenters. The number of fused-ring (bicyclic) bond motifs is 7. The molecule has 0 bridgehead atoms. The van der Waals surface area contributed by atoms with Gasteiger partial charge in [-0.25, -0.2) is 0 Å². The molecule has 5 rings (SSSR count). The molecule has 3 atom stereocenters. The molecule has 0 radical (unpaired) electrons. The quantitative estimate of drug-likeness (QED) is 0.767. The van der Waals surface area contributed by atoms with E-state index in [1.165, 1.54) is 22.3 Å². The van der Waals surface area contributed by atoms with Gasteiger partial charge < -0.3 is 10.7 Å². The maximum Gasteiger partial charge on any atom is 0.411 e. The van der Waals surface area contributed by atoms with Crippen molar-refractivity contribution in [2.24, 2.45) is 11.6 Å². The summed E-state index contributed by atoms with van der Waals surface area (Å²) < 4.78 is 0. The summed E-state index contributed by atoms with van der Waals surface area (Å²) in [6.07, 6.45) is 12.8. The van der Waals surface area contributed by atoms with Crippen LogP contribution >= 0.6 is 11.8 Å². The summed E-state index contributed by atoms with van der Waals surface area (Å²) in [5, 5.41) is 10.3. The van der Waals surface area contributed by atoms with Crippen LogP contribution in [-0.4, -0.2) is 12.1 Å². The number of hydrogen-bond acceptors (Lipinski definition) is 3. The summed E-state index contributed by atoms with van der Waals surface area (Å²) >= 11 is 1.63. The number of allylic oxidation sites excluding steroid dienone is 7. The van der Waals surface area contributed by atoms with Gasteiger partial charge in [0.25, 0.3) is 0 Å². The molecular formula is C25H22BNOS. The number of hydrogen-bond donors (Lipinski definition) is 2. The van der Waals surface area contributed by atoms with E-state index in [2.05, 4.69) is 67.8 Å². The van der Waals surface area contributed by atoms with Crippen molar-refractivity contribution >= 4 is 24.3 Å². The van der Waals surface area contributed by atoms with Crippen LogP contribution in [0.15, 0.2) is 107 Å². The molecule has 3 aliphatic rings. The monoisotopic (exact) mass is 395 g/mol. The Balaban J connectivity index is 1.95. The molecular weight excluding hydrogens is 373 g/mol. The van der Waals surface area contributed by atoms with Crippen molar-refractivity contribution in [3.63, 3.8) is 0 Å². The lowest BCUT2D eigenvalue weighted by atomic mass is 9.61. The summed E-state index contributed by atoms with van der Waals surface area (Å²) in [5.41, 5.74) is 11.3. The van der Waals surface area contributed by atoms with Gasteiger partial charge in [-0.1, -0.05) is 104 Å². The topological polar surface area (TPSA) is 46.2 Å². The molecule has 0 saturated heterocycles. The average molecular weight is 395 g/mol. The van der Waals surface area contributed by atoms with Gasteiger partial charge in [0.2, 0.25) is 0 Å². The van der Waals surface area contributed by atoms with Gasteiger partial charge >= 0.3 is 7.05 Å². The lowest BCUT2D eigenvalue weighted by Crippen LogP contribution is -2.45. The third-order valence-electron chi connectivity index (χ3n) is 6.46. The molecule has 29 heavy (non-hydrogen) atoms. The molecule has 1 spiro atoms. The maximum atomic E-state index is 10.3. The zero-order chi connectivity index (χ0) is 20.2. The van der Waals surface area contributed by atoms with Gasteiger partial charge in [0, 0.05) is 21.6 Å². The van der Waals surface area contributed by atoms with E-state index in [0.717, 1.165) is 15.3 Å². The van der Waals surface area contributed by atoms with Gasteiger partial charge in [0.1, 0.15) is 0 Å². The fraction of sp³-hybridized carbons (Fsp3) is 0.120. The Morgan fingerprint density at radius 2 is 1.76 bits per heavy atom. The number of rotatable bonds is 3. The highest BCUT2D eigenvalue weighted by Crippen LogP contribution is 2.64. The maximum absolute atomic E-state index is 10.3. The van der Waals surface area contributed by atoms with Crippen LogP contribution in [-0.2, 0) is 5.41 Å². The molecule has 1 heterocycles. The molecule has 0 amide bonds. The van der Waals surface area contributed by atoms with Crippen LogP contribution in [0.5, 0.6) is 0 Å². The Bertz CT molecular complexity index is 1130. The summed E-state index contributed by atoms with van der Waals surface area (Å²) in [6.45, 7) is 8.30. The molecule has 2 aliphatic carbocycles. The molecule has 142 valence electrons. The molecule has 0 fully saturated rings. The first-order valence-corrected chi connectivity index (χ1v) is 10.6. The Morgan fingerprint density at radius 3 is 2.52 bits per heavy atom. The van der Waals surface area contributed by atoms with Crippen LogP contribution in [0.1, 0.15) is 22.6 Å². The van der Waals surface area contributed by atoms with Crippen molar-refractivity contribution in [2.75, 3.05) is 0 Å². The van der Waals surface area contributed by atoms with Crippen LogP contribution in [0.2, 0.25) is 0 Å². The van der Waals surface area contributed by atoms with Crippen LogP contribution in [0.4, 0.5) is 0 Å². The second kappa shape index (κ2) is 6.77. The highest BCUT2D eigenvalue weighted by Gasteiger charge is 2.56. The minimum Gasteiger partial charge on any atom is -0.434 e. The molecule has 2 nitrogen and oxygen atoms in total. The molecule has 3 N–H and O–H groups in total. The van der Waals surface area contributed by atoms with E-state index in [9.17, 15) is 5.02 Å². The van der Waals surface area contributed by atoms with E-state index in [0.29, 0.717) is 5.92 Å². The van der Waals surface area contributed by atoms with Crippen LogP contribution in [0.3, 0.4) is 0 Å². The Kier molecular flexibility index (Phi) is 4.32. The summed E-state index contributed by atoms with van der Waals surface area (Å²) in [6, 6.07) is 14.8. The number of nitrogens with two attached hydrogens (primary N) is 1. The van der Waals surface area contributed by atoms with E-state index >= 15 is 0 Å². The highest BCUT2D eigenvalue weighted by molar-refractivity contribution is 8.03. The van der Waals surface area contributed by atoms with Gasteiger partial charge in [-0.05, 0) is 27.7 Å². The first-order chi connectivity index (χ1) is 14.1. The van der Waals surface area contributed by atoms with Crippen LogP contribution in [0, 0.1) is 5.92 Å². The second-order valence-electron chi connectivity index (χ2n) is 7.67. The largest absolute Gasteiger partial charge is 0.434 e. The Morgan fingerprint density at radius 1 is 1.00 bits per heavy atom. The number of thioether (sulfide) groups is 1. The van der Waals surface area contributed by atoms with Crippen molar-refractivity contribution < 1.29 is 5.02 Å². The Labute approximate surface area is 176 Å². The average Bonchev–Trinajstić information content (AvgIpc) is 3.04. The lowest BCUT2D eigenvalue weighted by molar-refractivity contribution is 0.448. The molecule has 2 aromatic rings. The minimum atomic E-state index is -1.03. The summed E-state index contributed by atoms with van der Waals surface area (Å²) in [4.78, 5) is 2.10. The van der Waals surface area contributed by atoms with Gasteiger partial charge in [-0.2, -0.15) is 0 Å². The van der Waals surface area contributed by atoms with Gasteiger partial charge in [0.05, 0.1) is 5.41 Å². The first-order valence-electron chi connectivity index (χ1n) is 9.83. The molecule has 2 aromatic carbocycles. The van der Waals surface area contributed by atoms with Gasteiger partial charge in [-0.15, -0.1) is 0 Å². The van der Waals surface area contributed by atoms with E-state index in [-0.39, 0.29) is 11.3 Å². The predicted octanol–water partition coefficient (Wildman–Crippen LogP) is 4.19. The van der Waals surface area contributed by atoms with E-state index in [4.69, 9.17) is 5.64 Å². The summed E-state index contributed by atoms with van der Waals surface area (Å²) in [5.74, 6) is 0.511. The molecule has 0 aromatic heterocycles. The second-order valence-corrected chi connectivity index (χ2v) is 8.73. The third kappa shape index (κ3) is 2.34. The fourth-order valence-corrected chi connectivity index (χ4v) is 6.73. The molecule has 1 aliphatic heterocycles. The van der Waals surface area contributed by atoms with Gasteiger partial charge in [0.15, 0.2) is 0 Å². The minimum absolute atomic E-state index is 0.220. The van der Waals surface area contributed by atoms with Gasteiger partial charge in [-0.3, -0.25) is 0 Å². The summed E-state index contributed by atoms with van der Waals surface area (Å²) in [7, 11) is -1.03.